The van der Waals surface area contributed by atoms with Crippen LogP contribution in [0.3, 0.4) is 0 Å². The molecule has 0 bridgehead atoms. The van der Waals surface area contributed by atoms with Crippen LogP contribution >= 0.6 is 0 Å². The molecular weight excluding hydrogens is 412 g/mol. The number of hydrogen-bond acceptors (Lipinski definition) is 8. The van der Waals surface area contributed by atoms with Gasteiger partial charge in [0.2, 0.25) is 0 Å². The number of benzene rings is 1. The Kier molecular flexibility index (Phi) is 5.77. The first kappa shape index (κ1) is 21.7. The lowest BCUT2D eigenvalue weighted by Gasteiger charge is -2.24. The van der Waals surface area contributed by atoms with Crippen molar-refractivity contribution >= 4 is 23.2 Å². The van der Waals surface area contributed by atoms with Crippen molar-refractivity contribution in [3.05, 3.63) is 36.4 Å². The summed E-state index contributed by atoms with van der Waals surface area (Å²) >= 11 is 0. The number of nitrogens with one attached hydrogen (secondary N) is 1. The van der Waals surface area contributed by atoms with Gasteiger partial charge in [-0.3, -0.25) is 0 Å². The van der Waals surface area contributed by atoms with E-state index in [-0.39, 0.29) is 12.0 Å². The Morgan fingerprint density at radius 2 is 1.97 bits per heavy atom. The molecule has 1 saturated heterocycles. The Morgan fingerprint density at radius 3 is 2.69 bits per heavy atom. The van der Waals surface area contributed by atoms with Crippen molar-refractivity contribution in [1.29, 1.82) is 0 Å². The van der Waals surface area contributed by atoms with Crippen molar-refractivity contribution in [2.75, 3.05) is 32.6 Å². The Hall–Kier alpha value is -3.56. The molecule has 10 heteroatoms. The summed E-state index contributed by atoms with van der Waals surface area (Å²) in [5.41, 5.74) is 1.69. The maximum Gasteiger partial charge on any atom is 0.410 e. The van der Waals surface area contributed by atoms with Crippen LogP contribution < -0.4 is 14.8 Å². The Labute approximate surface area is 186 Å². The van der Waals surface area contributed by atoms with Crippen LogP contribution in [0.4, 0.5) is 16.3 Å². The van der Waals surface area contributed by atoms with Crippen LogP contribution in [-0.2, 0) is 4.74 Å². The standard InChI is InChI=1S/C22H28N6O4/c1-22(2,3)32-21(29)27-9-8-14(11-27)16-12-28-20(23-13-24-28)19(26-16)25-15-6-7-17(30-4)18(10-15)31-5/h6-7,10,12-14H,8-9,11H2,1-5H3,(H,25,26)/t14-/m1/s1. The van der Waals surface area contributed by atoms with Crippen molar-refractivity contribution in [2.45, 2.75) is 38.7 Å². The summed E-state index contributed by atoms with van der Waals surface area (Å²) in [5, 5.41) is 7.61. The molecule has 0 radical (unpaired) electrons. The van der Waals surface area contributed by atoms with Gasteiger partial charge in [-0.15, -0.1) is 0 Å². The number of aromatic nitrogens is 4. The Bertz CT molecular complexity index is 1120. The molecule has 1 aliphatic rings. The fraction of sp³-hybridized carbons (Fsp3) is 0.455. The molecule has 170 valence electrons. The highest BCUT2D eigenvalue weighted by Gasteiger charge is 2.32. The van der Waals surface area contributed by atoms with Gasteiger partial charge in [0.15, 0.2) is 23.0 Å². The summed E-state index contributed by atoms with van der Waals surface area (Å²) in [5.74, 6) is 1.89. The van der Waals surface area contributed by atoms with Crippen molar-refractivity contribution in [2.24, 2.45) is 0 Å². The van der Waals surface area contributed by atoms with E-state index in [9.17, 15) is 4.79 Å². The number of rotatable bonds is 5. The van der Waals surface area contributed by atoms with Crippen LogP contribution in [-0.4, -0.2) is 63.5 Å². The van der Waals surface area contributed by atoms with Crippen LogP contribution in [0, 0.1) is 0 Å². The van der Waals surface area contributed by atoms with Gasteiger partial charge in [-0.05, 0) is 39.3 Å². The van der Waals surface area contributed by atoms with E-state index in [4.69, 9.17) is 19.2 Å². The maximum atomic E-state index is 12.5. The van der Waals surface area contributed by atoms with Gasteiger partial charge >= 0.3 is 6.09 Å². The van der Waals surface area contributed by atoms with E-state index in [1.807, 2.05) is 45.2 Å². The van der Waals surface area contributed by atoms with Gasteiger partial charge in [0.1, 0.15) is 11.9 Å². The second-order valence-corrected chi connectivity index (χ2v) is 8.65. The van der Waals surface area contributed by atoms with Gasteiger partial charge in [0.25, 0.3) is 0 Å². The largest absolute Gasteiger partial charge is 0.493 e. The second-order valence-electron chi connectivity index (χ2n) is 8.65. The molecule has 10 nitrogen and oxygen atoms in total. The first-order chi connectivity index (χ1) is 15.3. The van der Waals surface area contributed by atoms with E-state index in [2.05, 4.69) is 15.4 Å². The molecule has 2 aromatic heterocycles. The normalized spacial score (nSPS) is 16.3. The number of likely N-dealkylation sites (tertiary alicyclic amines) is 1. The zero-order chi connectivity index (χ0) is 22.9. The highest BCUT2D eigenvalue weighted by atomic mass is 16.6. The predicted molar refractivity (Wildman–Crippen MR) is 119 cm³/mol. The van der Waals surface area contributed by atoms with Gasteiger partial charge in [-0.1, -0.05) is 0 Å². The molecule has 0 aliphatic carbocycles. The summed E-state index contributed by atoms with van der Waals surface area (Å²) in [6.45, 7) is 6.76. The minimum Gasteiger partial charge on any atom is -0.493 e. The number of ether oxygens (including phenoxy) is 3. The fourth-order valence-electron chi connectivity index (χ4n) is 3.67. The molecule has 1 fully saturated rings. The van der Waals surface area contributed by atoms with Crippen molar-refractivity contribution in [3.63, 3.8) is 0 Å². The topological polar surface area (TPSA) is 103 Å². The monoisotopic (exact) mass is 440 g/mol. The molecule has 0 unspecified atom stereocenters. The summed E-state index contributed by atoms with van der Waals surface area (Å²) < 4.78 is 17.9. The van der Waals surface area contributed by atoms with Crippen LogP contribution in [0.25, 0.3) is 5.65 Å². The molecule has 0 saturated carbocycles. The third-order valence-corrected chi connectivity index (χ3v) is 5.18. The Morgan fingerprint density at radius 1 is 1.19 bits per heavy atom. The third-order valence-electron chi connectivity index (χ3n) is 5.18. The summed E-state index contributed by atoms with van der Waals surface area (Å²) in [6, 6.07) is 5.53. The SMILES string of the molecule is COc1ccc(Nc2nc([C@@H]3CCN(C(=O)OC(C)(C)C)C3)cn3ncnc23)cc1OC. The average Bonchev–Trinajstić information content (AvgIpc) is 3.42. The fourth-order valence-corrected chi connectivity index (χ4v) is 3.67. The van der Waals surface area contributed by atoms with Crippen molar-refractivity contribution in [1.82, 2.24) is 24.5 Å². The number of hydrogen-bond donors (Lipinski definition) is 1. The number of carbonyl (C=O) groups is 1. The number of amides is 1. The molecule has 1 aliphatic heterocycles. The van der Waals surface area contributed by atoms with E-state index >= 15 is 0 Å². The van der Waals surface area contributed by atoms with Gasteiger partial charge in [-0.25, -0.2) is 19.3 Å². The van der Waals surface area contributed by atoms with Crippen molar-refractivity contribution in [3.8, 4) is 11.5 Å². The quantitative estimate of drug-likeness (QED) is 0.642. The smallest absolute Gasteiger partial charge is 0.410 e. The molecule has 32 heavy (non-hydrogen) atoms. The molecule has 4 rings (SSSR count). The molecule has 1 N–H and O–H groups in total. The van der Waals surface area contributed by atoms with Crippen molar-refractivity contribution < 1.29 is 19.0 Å². The first-order valence-corrected chi connectivity index (χ1v) is 10.4. The zero-order valence-corrected chi connectivity index (χ0v) is 19.0. The summed E-state index contributed by atoms with van der Waals surface area (Å²) in [4.78, 5) is 23.3. The summed E-state index contributed by atoms with van der Waals surface area (Å²) in [6.07, 6.45) is 3.85. The van der Waals surface area contributed by atoms with Gasteiger partial charge in [-0.2, -0.15) is 5.10 Å². The summed E-state index contributed by atoms with van der Waals surface area (Å²) in [7, 11) is 3.19. The number of carbonyl (C=O) groups excluding carboxylic acids is 1. The van der Waals surface area contributed by atoms with E-state index in [1.165, 1.54) is 6.33 Å². The molecule has 0 spiro atoms. The number of fused-ring (bicyclic) bond motifs is 1. The van der Waals surface area contributed by atoms with Crippen LogP contribution in [0.1, 0.15) is 38.8 Å². The lowest BCUT2D eigenvalue weighted by Crippen LogP contribution is -2.35. The predicted octanol–water partition coefficient (Wildman–Crippen LogP) is 3.61. The van der Waals surface area contributed by atoms with E-state index < -0.39 is 5.60 Å². The van der Waals surface area contributed by atoms with E-state index in [0.29, 0.717) is 36.1 Å². The molecule has 1 atom stereocenters. The van der Waals surface area contributed by atoms with Gasteiger partial charge in [0.05, 0.1) is 26.1 Å². The van der Waals surface area contributed by atoms with E-state index in [1.54, 1.807) is 23.6 Å². The minimum atomic E-state index is -0.524. The number of methoxy groups -OCH3 is 2. The molecule has 1 amide bonds. The van der Waals surface area contributed by atoms with Crippen LogP contribution in [0.15, 0.2) is 30.7 Å². The lowest BCUT2D eigenvalue weighted by molar-refractivity contribution is 0.0292. The minimum absolute atomic E-state index is 0.0714. The highest BCUT2D eigenvalue weighted by molar-refractivity contribution is 5.71. The van der Waals surface area contributed by atoms with Gasteiger partial charge in [0, 0.05) is 30.8 Å². The number of nitrogens with zero attached hydrogens (tertiary/aromatic N) is 5. The third kappa shape index (κ3) is 4.53. The molecular formula is C22H28N6O4. The Balaban J connectivity index is 1.58. The van der Waals surface area contributed by atoms with E-state index in [0.717, 1.165) is 17.8 Å². The zero-order valence-electron chi connectivity index (χ0n) is 19.0. The van der Waals surface area contributed by atoms with Gasteiger partial charge < -0.3 is 24.4 Å². The first-order valence-electron chi connectivity index (χ1n) is 10.4. The highest BCUT2D eigenvalue weighted by Crippen LogP contribution is 2.33. The lowest BCUT2D eigenvalue weighted by atomic mass is 10.1. The average molecular weight is 441 g/mol. The molecule has 3 aromatic rings. The molecule has 3 heterocycles. The second kappa shape index (κ2) is 8.52. The van der Waals surface area contributed by atoms with Crippen LogP contribution in [0.5, 0.6) is 11.5 Å². The maximum absolute atomic E-state index is 12.5. The number of anilines is 2. The molecule has 1 aromatic carbocycles. The van der Waals surface area contributed by atoms with Crippen LogP contribution in [0.2, 0.25) is 0 Å².